The molecule has 0 fully saturated rings. The van der Waals surface area contributed by atoms with Gasteiger partial charge in [-0.05, 0) is 28.7 Å². The number of nitrogens with zero attached hydrogens (tertiary/aromatic N) is 1. The molecule has 1 unspecified atom stereocenters. The number of fused-ring (bicyclic) bond motifs is 1. The van der Waals surface area contributed by atoms with Gasteiger partial charge in [0.25, 0.3) is 0 Å². The van der Waals surface area contributed by atoms with Crippen molar-refractivity contribution in [3.05, 3.63) is 48.0 Å². The van der Waals surface area contributed by atoms with Crippen molar-refractivity contribution in [1.29, 1.82) is 0 Å². The summed E-state index contributed by atoms with van der Waals surface area (Å²) in [4.78, 5) is 4.02. The predicted molar refractivity (Wildman–Crippen MR) is 77.7 cm³/mol. The highest BCUT2D eigenvalue weighted by atomic mass is 15.0. The van der Waals surface area contributed by atoms with Gasteiger partial charge in [0.15, 0.2) is 5.96 Å². The standard InChI is InChI=1S/C15H19N3/c1-11(8-9-18-15(16)17)13-7-6-12-4-2-3-5-14(12)10-13/h2-7,10-11H,8-9H2,1H3,(H4,16,17,18). The molecule has 0 saturated carbocycles. The van der Waals surface area contributed by atoms with Gasteiger partial charge in [-0.25, -0.2) is 0 Å². The molecule has 3 nitrogen and oxygen atoms in total. The van der Waals surface area contributed by atoms with Crippen molar-refractivity contribution >= 4 is 16.7 Å². The van der Waals surface area contributed by atoms with E-state index in [0.717, 1.165) is 6.42 Å². The SMILES string of the molecule is CC(CCN=C(N)N)c1ccc2ccccc2c1. The van der Waals surface area contributed by atoms with Crippen LogP contribution in [0.5, 0.6) is 0 Å². The Balaban J connectivity index is 2.12. The molecule has 2 aromatic rings. The minimum absolute atomic E-state index is 0.167. The molecule has 1 atom stereocenters. The first-order chi connectivity index (χ1) is 8.66. The van der Waals surface area contributed by atoms with Gasteiger partial charge in [0.05, 0.1) is 0 Å². The van der Waals surface area contributed by atoms with Crippen LogP contribution in [-0.2, 0) is 0 Å². The molecular weight excluding hydrogens is 222 g/mol. The van der Waals surface area contributed by atoms with Gasteiger partial charge < -0.3 is 11.5 Å². The van der Waals surface area contributed by atoms with Crippen LogP contribution >= 0.6 is 0 Å². The second kappa shape index (κ2) is 5.54. The van der Waals surface area contributed by atoms with Gasteiger partial charge >= 0.3 is 0 Å². The number of nitrogens with two attached hydrogens (primary N) is 2. The second-order valence-corrected chi connectivity index (χ2v) is 4.60. The first kappa shape index (κ1) is 12.4. The zero-order chi connectivity index (χ0) is 13.0. The Morgan fingerprint density at radius 3 is 2.56 bits per heavy atom. The van der Waals surface area contributed by atoms with E-state index in [1.54, 1.807) is 0 Å². The molecule has 94 valence electrons. The Labute approximate surface area is 108 Å². The summed E-state index contributed by atoms with van der Waals surface area (Å²) in [6, 6.07) is 15.0. The van der Waals surface area contributed by atoms with Gasteiger partial charge in [-0.2, -0.15) is 0 Å². The van der Waals surface area contributed by atoms with Gasteiger partial charge in [0, 0.05) is 6.54 Å². The van der Waals surface area contributed by atoms with E-state index >= 15 is 0 Å². The maximum Gasteiger partial charge on any atom is 0.185 e. The first-order valence-corrected chi connectivity index (χ1v) is 6.21. The van der Waals surface area contributed by atoms with Crippen LogP contribution in [0.25, 0.3) is 10.8 Å². The lowest BCUT2D eigenvalue weighted by atomic mass is 9.95. The molecular formula is C15H19N3. The largest absolute Gasteiger partial charge is 0.370 e. The molecule has 0 aliphatic carbocycles. The molecule has 4 N–H and O–H groups in total. The van der Waals surface area contributed by atoms with E-state index in [4.69, 9.17) is 11.5 Å². The van der Waals surface area contributed by atoms with Crippen LogP contribution in [0.15, 0.2) is 47.5 Å². The van der Waals surface area contributed by atoms with Gasteiger partial charge in [-0.15, -0.1) is 0 Å². The van der Waals surface area contributed by atoms with Gasteiger partial charge in [-0.1, -0.05) is 49.4 Å². The Hall–Kier alpha value is -2.03. The fourth-order valence-electron chi connectivity index (χ4n) is 2.07. The van der Waals surface area contributed by atoms with Crippen molar-refractivity contribution in [3.8, 4) is 0 Å². The summed E-state index contributed by atoms with van der Waals surface area (Å²) < 4.78 is 0. The number of hydrogen-bond acceptors (Lipinski definition) is 1. The van der Waals surface area contributed by atoms with Crippen LogP contribution in [0.1, 0.15) is 24.8 Å². The molecule has 0 aromatic heterocycles. The third kappa shape index (κ3) is 3.00. The maximum absolute atomic E-state index is 5.32. The van der Waals surface area contributed by atoms with Crippen LogP contribution in [0.4, 0.5) is 0 Å². The van der Waals surface area contributed by atoms with Gasteiger partial charge in [-0.3, -0.25) is 4.99 Å². The molecule has 0 aliphatic rings. The number of hydrogen-bond donors (Lipinski definition) is 2. The first-order valence-electron chi connectivity index (χ1n) is 6.21. The summed E-state index contributed by atoms with van der Waals surface area (Å²) >= 11 is 0. The lowest BCUT2D eigenvalue weighted by Crippen LogP contribution is -2.23. The average molecular weight is 241 g/mol. The van der Waals surface area contributed by atoms with E-state index < -0.39 is 0 Å². The Morgan fingerprint density at radius 1 is 1.11 bits per heavy atom. The molecule has 0 spiro atoms. The molecule has 3 heteroatoms. The van der Waals surface area contributed by atoms with E-state index in [-0.39, 0.29) is 5.96 Å². The van der Waals surface area contributed by atoms with Crippen molar-refractivity contribution in [2.75, 3.05) is 6.54 Å². The highest BCUT2D eigenvalue weighted by Crippen LogP contribution is 2.23. The molecule has 2 aromatic carbocycles. The van der Waals surface area contributed by atoms with Crippen molar-refractivity contribution in [3.63, 3.8) is 0 Å². The summed E-state index contributed by atoms with van der Waals surface area (Å²) in [6.07, 6.45) is 0.955. The molecule has 0 heterocycles. The van der Waals surface area contributed by atoms with E-state index in [1.807, 2.05) is 0 Å². The molecule has 0 bridgehead atoms. The third-order valence-corrected chi connectivity index (χ3v) is 3.20. The van der Waals surface area contributed by atoms with E-state index in [0.29, 0.717) is 12.5 Å². The number of guanidine groups is 1. The van der Waals surface area contributed by atoms with Crippen LogP contribution < -0.4 is 11.5 Å². The molecule has 18 heavy (non-hydrogen) atoms. The topological polar surface area (TPSA) is 64.4 Å². The van der Waals surface area contributed by atoms with Crippen molar-refractivity contribution in [1.82, 2.24) is 0 Å². The van der Waals surface area contributed by atoms with Gasteiger partial charge in [0.1, 0.15) is 0 Å². The zero-order valence-corrected chi connectivity index (χ0v) is 10.6. The lowest BCUT2D eigenvalue weighted by molar-refractivity contribution is 0.691. The van der Waals surface area contributed by atoms with Crippen LogP contribution in [0, 0.1) is 0 Å². The van der Waals surface area contributed by atoms with E-state index in [2.05, 4.69) is 54.4 Å². The molecule has 0 saturated heterocycles. The monoisotopic (exact) mass is 241 g/mol. The van der Waals surface area contributed by atoms with Crippen LogP contribution in [-0.4, -0.2) is 12.5 Å². The van der Waals surface area contributed by atoms with Crippen molar-refractivity contribution < 1.29 is 0 Å². The Bertz CT molecular complexity index is 556. The second-order valence-electron chi connectivity index (χ2n) is 4.60. The summed E-state index contributed by atoms with van der Waals surface area (Å²) in [5.74, 6) is 0.624. The lowest BCUT2D eigenvalue weighted by Gasteiger charge is -2.11. The normalized spacial score (nSPS) is 12.3. The fourth-order valence-corrected chi connectivity index (χ4v) is 2.07. The number of aliphatic imine (C=N–C) groups is 1. The highest BCUT2D eigenvalue weighted by molar-refractivity contribution is 5.83. The Kier molecular flexibility index (Phi) is 3.82. The molecule has 0 amide bonds. The van der Waals surface area contributed by atoms with Crippen LogP contribution in [0.2, 0.25) is 0 Å². The molecule has 0 radical (unpaired) electrons. The number of rotatable bonds is 4. The van der Waals surface area contributed by atoms with Crippen molar-refractivity contribution in [2.45, 2.75) is 19.3 Å². The van der Waals surface area contributed by atoms with Gasteiger partial charge in [0.2, 0.25) is 0 Å². The quantitative estimate of drug-likeness (QED) is 0.638. The van der Waals surface area contributed by atoms with Crippen molar-refractivity contribution in [2.24, 2.45) is 16.5 Å². The van der Waals surface area contributed by atoms with E-state index in [9.17, 15) is 0 Å². The fraction of sp³-hybridized carbons (Fsp3) is 0.267. The average Bonchev–Trinajstić information content (AvgIpc) is 2.37. The number of benzene rings is 2. The summed E-state index contributed by atoms with van der Waals surface area (Å²) in [5, 5.41) is 2.56. The van der Waals surface area contributed by atoms with Crippen LogP contribution in [0.3, 0.4) is 0 Å². The smallest absolute Gasteiger partial charge is 0.185 e. The highest BCUT2D eigenvalue weighted by Gasteiger charge is 2.05. The minimum atomic E-state index is 0.167. The van der Waals surface area contributed by atoms with E-state index in [1.165, 1.54) is 16.3 Å². The summed E-state index contributed by atoms with van der Waals surface area (Å²) in [5.41, 5.74) is 12.0. The minimum Gasteiger partial charge on any atom is -0.370 e. The maximum atomic E-state index is 5.32. The summed E-state index contributed by atoms with van der Waals surface area (Å²) in [6.45, 7) is 2.88. The Morgan fingerprint density at radius 2 is 1.83 bits per heavy atom. The predicted octanol–water partition coefficient (Wildman–Crippen LogP) is 2.61. The molecule has 0 aliphatic heterocycles. The summed E-state index contributed by atoms with van der Waals surface area (Å²) in [7, 11) is 0. The third-order valence-electron chi connectivity index (χ3n) is 3.20. The molecule has 2 rings (SSSR count). The zero-order valence-electron chi connectivity index (χ0n) is 10.6.